The maximum atomic E-state index is 12.0. The van der Waals surface area contributed by atoms with Gasteiger partial charge >= 0.3 is 5.97 Å². The maximum Gasteiger partial charge on any atom is 0.345 e. The average Bonchev–Trinajstić information content (AvgIpc) is 2.91. The largest absolute Gasteiger partial charge is 0.449 e. The first-order valence-electron chi connectivity index (χ1n) is 6.26. The number of esters is 1. The molecule has 2 aromatic carbocycles. The Morgan fingerprint density at radius 2 is 1.75 bits per heavy atom. The van der Waals surface area contributed by atoms with Crippen LogP contribution in [0.1, 0.15) is 21.5 Å². The van der Waals surface area contributed by atoms with Gasteiger partial charge in [0.05, 0.1) is 4.88 Å². The third-order valence-electron chi connectivity index (χ3n) is 3.23. The maximum absolute atomic E-state index is 12.0. The van der Waals surface area contributed by atoms with Crippen LogP contribution < -0.4 is 4.74 Å². The number of hydrogen-bond donors (Lipinski definition) is 0. The van der Waals surface area contributed by atoms with E-state index in [1.807, 2.05) is 36.4 Å². The van der Waals surface area contributed by atoms with Crippen LogP contribution in [0.2, 0.25) is 0 Å². The molecule has 3 nitrogen and oxygen atoms in total. The molecule has 98 valence electrons. The zero-order valence-corrected chi connectivity index (χ0v) is 11.2. The third-order valence-corrected chi connectivity index (χ3v) is 4.37. The van der Waals surface area contributed by atoms with E-state index in [9.17, 15) is 4.79 Å². The minimum atomic E-state index is -0.658. The van der Waals surface area contributed by atoms with Gasteiger partial charge < -0.3 is 9.47 Å². The highest BCUT2D eigenvalue weighted by Crippen LogP contribution is 2.37. The van der Waals surface area contributed by atoms with Crippen LogP contribution in [0.4, 0.5) is 0 Å². The van der Waals surface area contributed by atoms with Crippen LogP contribution in [0.5, 0.6) is 5.75 Å². The van der Waals surface area contributed by atoms with Crippen molar-refractivity contribution in [1.29, 1.82) is 0 Å². The van der Waals surface area contributed by atoms with E-state index in [-0.39, 0.29) is 5.97 Å². The molecule has 3 aromatic rings. The summed E-state index contributed by atoms with van der Waals surface area (Å²) in [7, 11) is 0. The van der Waals surface area contributed by atoms with E-state index in [0.717, 1.165) is 15.0 Å². The molecular formula is C16H10O3S. The minimum absolute atomic E-state index is 0.339. The molecule has 0 spiro atoms. The normalized spacial score (nSPS) is 17.4. The van der Waals surface area contributed by atoms with Gasteiger partial charge in [-0.25, -0.2) is 4.79 Å². The van der Waals surface area contributed by atoms with Crippen LogP contribution in [0.25, 0.3) is 10.1 Å². The number of rotatable bonds is 1. The molecule has 0 radical (unpaired) electrons. The molecule has 1 atom stereocenters. The molecule has 4 rings (SSSR count). The van der Waals surface area contributed by atoms with E-state index < -0.39 is 6.29 Å². The van der Waals surface area contributed by atoms with Crippen molar-refractivity contribution in [2.45, 2.75) is 6.29 Å². The Kier molecular flexibility index (Phi) is 2.50. The summed E-state index contributed by atoms with van der Waals surface area (Å²) in [5, 5.41) is 1.13. The van der Waals surface area contributed by atoms with Gasteiger partial charge in [-0.2, -0.15) is 0 Å². The first-order chi connectivity index (χ1) is 9.81. The number of hydrogen-bond acceptors (Lipinski definition) is 4. The molecule has 0 saturated carbocycles. The fourth-order valence-corrected chi connectivity index (χ4v) is 3.30. The Balaban J connectivity index is 1.75. The summed E-state index contributed by atoms with van der Waals surface area (Å²) < 4.78 is 12.3. The van der Waals surface area contributed by atoms with E-state index in [2.05, 4.69) is 0 Å². The monoisotopic (exact) mass is 282 g/mol. The molecule has 1 unspecified atom stereocenters. The van der Waals surface area contributed by atoms with E-state index in [1.54, 1.807) is 29.5 Å². The lowest BCUT2D eigenvalue weighted by molar-refractivity contribution is -0.0604. The van der Waals surface area contributed by atoms with Crippen LogP contribution in [0.15, 0.2) is 54.6 Å². The fraction of sp³-hybridized carbons (Fsp3) is 0.0625. The standard InChI is InChI=1S/C16H10O3S/c17-15-11-6-2-3-7-12(11)18-16(19-15)14-9-10-5-1-4-8-13(10)20-14/h1-9,16H. The van der Waals surface area contributed by atoms with Crippen molar-refractivity contribution in [2.75, 3.05) is 0 Å². The van der Waals surface area contributed by atoms with Gasteiger partial charge in [0.25, 0.3) is 6.29 Å². The second-order valence-electron chi connectivity index (χ2n) is 4.54. The Bertz CT molecular complexity index is 773. The van der Waals surface area contributed by atoms with Crippen molar-refractivity contribution in [3.05, 3.63) is 65.0 Å². The number of ether oxygens (including phenoxy) is 2. The fourth-order valence-electron chi connectivity index (χ4n) is 2.27. The highest BCUT2D eigenvalue weighted by Gasteiger charge is 2.29. The molecule has 1 aliphatic heterocycles. The van der Waals surface area contributed by atoms with Crippen molar-refractivity contribution >= 4 is 27.4 Å². The van der Waals surface area contributed by atoms with Crippen molar-refractivity contribution in [3.63, 3.8) is 0 Å². The number of para-hydroxylation sites is 1. The van der Waals surface area contributed by atoms with E-state index in [1.165, 1.54) is 0 Å². The zero-order valence-electron chi connectivity index (χ0n) is 10.4. The van der Waals surface area contributed by atoms with Crippen molar-refractivity contribution in [1.82, 2.24) is 0 Å². The summed E-state index contributed by atoms with van der Waals surface area (Å²) in [6, 6.07) is 17.2. The highest BCUT2D eigenvalue weighted by atomic mass is 32.1. The number of carbonyl (C=O) groups excluding carboxylic acids is 1. The summed E-state index contributed by atoms with van der Waals surface area (Å²) in [6.07, 6.45) is -0.658. The van der Waals surface area contributed by atoms with Crippen LogP contribution in [0.3, 0.4) is 0 Å². The second-order valence-corrected chi connectivity index (χ2v) is 5.65. The van der Waals surface area contributed by atoms with Crippen LogP contribution >= 0.6 is 11.3 Å². The Hall–Kier alpha value is -2.33. The van der Waals surface area contributed by atoms with Gasteiger partial charge in [0.2, 0.25) is 0 Å². The SMILES string of the molecule is O=C1OC(c2cc3ccccc3s2)Oc2ccccc21. The summed E-state index contributed by atoms with van der Waals surface area (Å²) in [5.74, 6) is 0.237. The predicted octanol–water partition coefficient (Wildman–Crippen LogP) is 4.15. The van der Waals surface area contributed by atoms with Gasteiger partial charge in [0, 0.05) is 4.70 Å². The number of thiophene rings is 1. The Labute approximate surface area is 119 Å². The summed E-state index contributed by atoms with van der Waals surface area (Å²) in [6.45, 7) is 0. The third kappa shape index (κ3) is 1.77. The van der Waals surface area contributed by atoms with E-state index in [4.69, 9.17) is 9.47 Å². The zero-order chi connectivity index (χ0) is 13.5. The van der Waals surface area contributed by atoms with Gasteiger partial charge in [0.1, 0.15) is 11.3 Å². The molecule has 4 heteroatoms. The summed E-state index contributed by atoms with van der Waals surface area (Å²) in [5.41, 5.74) is 0.477. The van der Waals surface area contributed by atoms with Gasteiger partial charge in [0.15, 0.2) is 0 Å². The lowest BCUT2D eigenvalue weighted by Gasteiger charge is -2.24. The number of cyclic esters (lactones) is 1. The molecule has 20 heavy (non-hydrogen) atoms. The van der Waals surface area contributed by atoms with Gasteiger partial charge in [-0.3, -0.25) is 0 Å². The summed E-state index contributed by atoms with van der Waals surface area (Å²) >= 11 is 1.58. The lowest BCUT2D eigenvalue weighted by atomic mass is 10.2. The smallest absolute Gasteiger partial charge is 0.345 e. The van der Waals surface area contributed by atoms with Crippen LogP contribution in [-0.2, 0) is 4.74 Å². The lowest BCUT2D eigenvalue weighted by Crippen LogP contribution is -2.22. The number of benzene rings is 2. The molecule has 0 saturated heterocycles. The van der Waals surface area contributed by atoms with Gasteiger partial charge in [-0.15, -0.1) is 11.3 Å². The second kappa shape index (κ2) is 4.35. The Morgan fingerprint density at radius 1 is 0.950 bits per heavy atom. The van der Waals surface area contributed by atoms with E-state index in [0.29, 0.717) is 11.3 Å². The molecule has 1 aliphatic rings. The minimum Gasteiger partial charge on any atom is -0.449 e. The highest BCUT2D eigenvalue weighted by molar-refractivity contribution is 7.19. The molecule has 0 amide bonds. The molecule has 0 N–H and O–H groups in total. The Morgan fingerprint density at radius 3 is 2.65 bits per heavy atom. The first-order valence-corrected chi connectivity index (χ1v) is 7.08. The number of fused-ring (bicyclic) bond motifs is 2. The van der Waals surface area contributed by atoms with Crippen molar-refractivity contribution in [2.24, 2.45) is 0 Å². The molecule has 1 aromatic heterocycles. The van der Waals surface area contributed by atoms with Crippen LogP contribution in [0, 0.1) is 0 Å². The average molecular weight is 282 g/mol. The molecule has 0 aliphatic carbocycles. The predicted molar refractivity (Wildman–Crippen MR) is 77.1 cm³/mol. The number of carbonyl (C=O) groups is 1. The van der Waals surface area contributed by atoms with Crippen molar-refractivity contribution < 1.29 is 14.3 Å². The van der Waals surface area contributed by atoms with Gasteiger partial charge in [-0.05, 0) is 29.7 Å². The van der Waals surface area contributed by atoms with E-state index >= 15 is 0 Å². The topological polar surface area (TPSA) is 35.5 Å². The molecule has 0 bridgehead atoms. The molecular weight excluding hydrogens is 272 g/mol. The van der Waals surface area contributed by atoms with Crippen molar-refractivity contribution in [3.8, 4) is 5.75 Å². The van der Waals surface area contributed by atoms with Gasteiger partial charge in [-0.1, -0.05) is 30.3 Å². The van der Waals surface area contributed by atoms with Crippen LogP contribution in [-0.4, -0.2) is 5.97 Å². The molecule has 0 fully saturated rings. The first kappa shape index (κ1) is 11.5. The molecule has 2 heterocycles. The quantitative estimate of drug-likeness (QED) is 0.629. The summed E-state index contributed by atoms with van der Waals surface area (Å²) in [4.78, 5) is 12.9.